The normalized spacial score (nSPS) is 11.4. The SMILES string of the molecule is CCc1ccccc1CNC(=NC)NCCCSC. The van der Waals surface area contributed by atoms with Gasteiger partial charge in [-0.15, -0.1) is 0 Å². The second-order valence-electron chi connectivity index (χ2n) is 4.32. The minimum absolute atomic E-state index is 0.826. The van der Waals surface area contributed by atoms with E-state index in [0.29, 0.717) is 0 Å². The van der Waals surface area contributed by atoms with Gasteiger partial charge in [0.2, 0.25) is 0 Å². The molecule has 0 saturated heterocycles. The molecule has 4 heteroatoms. The Bertz CT molecular complexity index is 391. The average Bonchev–Trinajstić information content (AvgIpc) is 2.47. The van der Waals surface area contributed by atoms with Crippen LogP contribution in [0.1, 0.15) is 24.5 Å². The molecule has 0 amide bonds. The molecular weight excluding hydrogens is 254 g/mol. The van der Waals surface area contributed by atoms with Gasteiger partial charge >= 0.3 is 0 Å². The highest BCUT2D eigenvalue weighted by molar-refractivity contribution is 7.98. The van der Waals surface area contributed by atoms with Gasteiger partial charge in [-0.2, -0.15) is 11.8 Å². The highest BCUT2D eigenvalue weighted by atomic mass is 32.2. The number of thioether (sulfide) groups is 1. The van der Waals surface area contributed by atoms with Crippen LogP contribution in [0, 0.1) is 0 Å². The van der Waals surface area contributed by atoms with E-state index in [0.717, 1.165) is 31.9 Å². The van der Waals surface area contributed by atoms with Crippen molar-refractivity contribution in [2.24, 2.45) is 4.99 Å². The number of nitrogens with one attached hydrogen (secondary N) is 2. The van der Waals surface area contributed by atoms with Crippen molar-refractivity contribution in [2.75, 3.05) is 25.6 Å². The topological polar surface area (TPSA) is 36.4 Å². The Morgan fingerprint density at radius 2 is 1.95 bits per heavy atom. The molecular formula is C15H25N3S. The number of hydrogen-bond acceptors (Lipinski definition) is 2. The first-order valence-corrected chi connectivity index (χ1v) is 8.21. The molecule has 0 unspecified atom stereocenters. The minimum Gasteiger partial charge on any atom is -0.356 e. The van der Waals surface area contributed by atoms with Crippen LogP contribution in [0.4, 0.5) is 0 Å². The molecule has 0 radical (unpaired) electrons. The summed E-state index contributed by atoms with van der Waals surface area (Å²) in [5.41, 5.74) is 2.74. The number of aliphatic imine (C=N–C) groups is 1. The molecule has 0 saturated carbocycles. The molecule has 1 aromatic rings. The third-order valence-electron chi connectivity index (χ3n) is 2.99. The molecule has 3 nitrogen and oxygen atoms in total. The largest absolute Gasteiger partial charge is 0.356 e. The summed E-state index contributed by atoms with van der Waals surface area (Å²) in [6.45, 7) is 3.98. The number of nitrogens with zero attached hydrogens (tertiary/aromatic N) is 1. The van der Waals surface area contributed by atoms with Crippen molar-refractivity contribution in [3.05, 3.63) is 35.4 Å². The fourth-order valence-electron chi connectivity index (χ4n) is 1.90. The van der Waals surface area contributed by atoms with E-state index in [1.165, 1.54) is 16.9 Å². The zero-order chi connectivity index (χ0) is 13.9. The van der Waals surface area contributed by atoms with Crippen LogP contribution in [0.15, 0.2) is 29.3 Å². The van der Waals surface area contributed by atoms with Crippen molar-refractivity contribution >= 4 is 17.7 Å². The predicted octanol–water partition coefficient (Wildman–Crippen LogP) is 2.67. The van der Waals surface area contributed by atoms with E-state index >= 15 is 0 Å². The number of guanidine groups is 1. The third kappa shape index (κ3) is 6.01. The van der Waals surface area contributed by atoms with Crippen molar-refractivity contribution in [3.63, 3.8) is 0 Å². The molecule has 0 aliphatic carbocycles. The molecule has 0 bridgehead atoms. The lowest BCUT2D eigenvalue weighted by molar-refractivity contribution is 0.782. The lowest BCUT2D eigenvalue weighted by Crippen LogP contribution is -2.37. The molecule has 0 aliphatic heterocycles. The first kappa shape index (κ1) is 15.9. The summed E-state index contributed by atoms with van der Waals surface area (Å²) in [4.78, 5) is 4.24. The van der Waals surface area contributed by atoms with Crippen LogP contribution in [-0.2, 0) is 13.0 Å². The van der Waals surface area contributed by atoms with E-state index in [2.05, 4.69) is 53.1 Å². The zero-order valence-corrected chi connectivity index (χ0v) is 13.0. The van der Waals surface area contributed by atoms with Crippen molar-refractivity contribution in [1.82, 2.24) is 10.6 Å². The fourth-order valence-corrected chi connectivity index (χ4v) is 2.33. The number of benzene rings is 1. The summed E-state index contributed by atoms with van der Waals surface area (Å²) in [7, 11) is 1.82. The zero-order valence-electron chi connectivity index (χ0n) is 12.2. The van der Waals surface area contributed by atoms with E-state index in [4.69, 9.17) is 0 Å². The van der Waals surface area contributed by atoms with Gasteiger partial charge in [0, 0.05) is 20.1 Å². The first-order valence-electron chi connectivity index (χ1n) is 6.82. The summed E-state index contributed by atoms with van der Waals surface area (Å²) in [6.07, 6.45) is 4.36. The smallest absolute Gasteiger partial charge is 0.191 e. The molecule has 0 aromatic heterocycles. The number of aryl methyl sites for hydroxylation is 1. The number of rotatable bonds is 7. The molecule has 106 valence electrons. The van der Waals surface area contributed by atoms with Gasteiger partial charge in [0.25, 0.3) is 0 Å². The highest BCUT2D eigenvalue weighted by Gasteiger charge is 2.01. The van der Waals surface area contributed by atoms with Gasteiger partial charge in [0.15, 0.2) is 5.96 Å². The molecule has 0 fully saturated rings. The van der Waals surface area contributed by atoms with Gasteiger partial charge in [0.05, 0.1) is 0 Å². The highest BCUT2D eigenvalue weighted by Crippen LogP contribution is 2.08. The van der Waals surface area contributed by atoms with E-state index in [-0.39, 0.29) is 0 Å². The van der Waals surface area contributed by atoms with Gasteiger partial charge in [-0.25, -0.2) is 0 Å². The van der Waals surface area contributed by atoms with Gasteiger partial charge in [-0.05, 0) is 36.0 Å². The average molecular weight is 279 g/mol. The maximum Gasteiger partial charge on any atom is 0.191 e. The lowest BCUT2D eigenvalue weighted by Gasteiger charge is -2.13. The van der Waals surface area contributed by atoms with Crippen molar-refractivity contribution in [3.8, 4) is 0 Å². The standard InChI is InChI=1S/C15H25N3S/c1-4-13-8-5-6-9-14(13)12-18-15(16-2)17-10-7-11-19-3/h5-6,8-9H,4,7,10-12H2,1-3H3,(H2,16,17,18). The molecule has 0 spiro atoms. The quantitative estimate of drug-likeness (QED) is 0.458. The molecule has 0 heterocycles. The second-order valence-corrected chi connectivity index (χ2v) is 5.31. The second kappa shape index (κ2) is 9.73. The Kier molecular flexibility index (Phi) is 8.14. The van der Waals surface area contributed by atoms with Gasteiger partial charge in [-0.3, -0.25) is 4.99 Å². The van der Waals surface area contributed by atoms with Crippen LogP contribution in [0.5, 0.6) is 0 Å². The van der Waals surface area contributed by atoms with Crippen LogP contribution in [-0.4, -0.2) is 31.6 Å². The van der Waals surface area contributed by atoms with Crippen molar-refractivity contribution in [2.45, 2.75) is 26.3 Å². The Hall–Kier alpha value is -1.16. The van der Waals surface area contributed by atoms with E-state index in [1.54, 1.807) is 0 Å². The summed E-state index contributed by atoms with van der Waals surface area (Å²) < 4.78 is 0. The minimum atomic E-state index is 0.826. The van der Waals surface area contributed by atoms with Crippen LogP contribution in [0.2, 0.25) is 0 Å². The maximum atomic E-state index is 4.24. The molecule has 0 atom stereocenters. The van der Waals surface area contributed by atoms with Crippen LogP contribution in [0.3, 0.4) is 0 Å². The predicted molar refractivity (Wildman–Crippen MR) is 87.0 cm³/mol. The van der Waals surface area contributed by atoms with E-state index in [9.17, 15) is 0 Å². The molecule has 0 aliphatic rings. The maximum absolute atomic E-state index is 4.24. The third-order valence-corrected chi connectivity index (χ3v) is 3.68. The Morgan fingerprint density at radius 1 is 1.21 bits per heavy atom. The summed E-state index contributed by atoms with van der Waals surface area (Å²) >= 11 is 1.88. The Balaban J connectivity index is 2.40. The molecule has 19 heavy (non-hydrogen) atoms. The summed E-state index contributed by atoms with van der Waals surface area (Å²) in [5, 5.41) is 6.71. The van der Waals surface area contributed by atoms with Crippen molar-refractivity contribution in [1.29, 1.82) is 0 Å². The summed E-state index contributed by atoms with van der Waals surface area (Å²) in [5.74, 6) is 2.06. The summed E-state index contributed by atoms with van der Waals surface area (Å²) in [6, 6.07) is 8.54. The van der Waals surface area contributed by atoms with Gasteiger partial charge in [0.1, 0.15) is 0 Å². The van der Waals surface area contributed by atoms with E-state index in [1.807, 2.05) is 18.8 Å². The van der Waals surface area contributed by atoms with Crippen LogP contribution < -0.4 is 10.6 Å². The monoisotopic (exact) mass is 279 g/mol. The molecule has 2 N–H and O–H groups in total. The molecule has 1 rings (SSSR count). The Labute approximate surface area is 121 Å². The Morgan fingerprint density at radius 3 is 2.58 bits per heavy atom. The van der Waals surface area contributed by atoms with Gasteiger partial charge < -0.3 is 10.6 Å². The first-order chi connectivity index (χ1) is 9.31. The fraction of sp³-hybridized carbons (Fsp3) is 0.533. The van der Waals surface area contributed by atoms with Crippen LogP contribution >= 0.6 is 11.8 Å². The number of hydrogen-bond donors (Lipinski definition) is 2. The van der Waals surface area contributed by atoms with Gasteiger partial charge in [-0.1, -0.05) is 31.2 Å². The van der Waals surface area contributed by atoms with Crippen molar-refractivity contribution < 1.29 is 0 Å². The molecule has 1 aromatic carbocycles. The van der Waals surface area contributed by atoms with Crippen LogP contribution in [0.25, 0.3) is 0 Å². The lowest BCUT2D eigenvalue weighted by atomic mass is 10.1. The van der Waals surface area contributed by atoms with E-state index < -0.39 is 0 Å².